The summed E-state index contributed by atoms with van der Waals surface area (Å²) in [6.07, 6.45) is 2.78. The molecule has 0 radical (unpaired) electrons. The van der Waals surface area contributed by atoms with Crippen LogP contribution in [0, 0.1) is 12.9 Å². The zero-order chi connectivity index (χ0) is 47.2. The van der Waals surface area contributed by atoms with Crippen LogP contribution in [0.2, 0.25) is 0 Å². The summed E-state index contributed by atoms with van der Waals surface area (Å²) in [5, 5.41) is 12.4. The molecule has 7 aromatic carbocycles. The molecule has 0 aliphatic carbocycles. The molecule has 0 saturated carbocycles. The number of aryl methyl sites for hydroxylation is 1. The van der Waals surface area contributed by atoms with Gasteiger partial charge in [-0.2, -0.15) is 0 Å². The number of imidazole rings is 1. The first-order chi connectivity index (χ1) is 32.1. The van der Waals surface area contributed by atoms with Gasteiger partial charge in [0.05, 0.1) is 22.3 Å². The zero-order valence-corrected chi connectivity index (χ0v) is 40.3. The van der Waals surface area contributed by atoms with Crippen LogP contribution in [0.15, 0.2) is 164 Å². The molecule has 65 heavy (non-hydrogen) atoms. The van der Waals surface area contributed by atoms with E-state index in [4.69, 9.17) is 14.1 Å². The molecule has 0 amide bonds. The monoisotopic (exact) mass is 1030 g/mol. The minimum absolute atomic E-state index is 0. The predicted molar refractivity (Wildman–Crippen MR) is 268 cm³/mol. The molecule has 5 heteroatoms. The number of nitrogens with zero attached hydrogens (tertiary/aromatic N) is 3. The van der Waals surface area contributed by atoms with E-state index < -0.39 is 6.85 Å². The molecule has 9 aromatic rings. The number of fused-ring (bicyclic) bond motifs is 1. The van der Waals surface area contributed by atoms with Gasteiger partial charge in [0.1, 0.15) is 11.6 Å². The molecule has 0 atom stereocenters. The molecule has 0 saturated heterocycles. The number of phenols is 1. The van der Waals surface area contributed by atoms with Crippen molar-refractivity contribution in [2.45, 2.75) is 79.0 Å². The van der Waals surface area contributed by atoms with Gasteiger partial charge < -0.3 is 5.11 Å². The Morgan fingerprint density at radius 3 is 2.02 bits per heavy atom. The van der Waals surface area contributed by atoms with E-state index in [0.29, 0.717) is 17.0 Å². The van der Waals surface area contributed by atoms with Gasteiger partial charge >= 0.3 is 0 Å². The second-order valence-corrected chi connectivity index (χ2v) is 18.2. The van der Waals surface area contributed by atoms with Gasteiger partial charge in [-0.3, -0.25) is 9.55 Å². The largest absolute Gasteiger partial charge is 0.507 e. The summed E-state index contributed by atoms with van der Waals surface area (Å²) < 4.78 is 25.8. The average molecular weight is 1030 g/mol. The van der Waals surface area contributed by atoms with Crippen molar-refractivity contribution >= 4 is 11.0 Å². The third-order valence-electron chi connectivity index (χ3n) is 12.9. The molecule has 0 bridgehead atoms. The standard InChI is InChI=1S/C60H56N3O.Pt/c1-9-60(7,8)49-27-28-55(52(37-49)43-19-14-11-15-20-43)63-56-22-16-21-50(57(56)62-59(63)53-35-45(38(2)3)34-51(39(4)5)58(53)64)47-31-46(41-17-12-10-13-18-41)32-48(33-47)54-36-44(29-30-61-54)42-25-23-40(6)24-26-42;/h10-32,34-39,64H,9H2,1-8H3;/q-1;/i6D3;. The Kier molecular flexibility index (Phi) is 11.9. The van der Waals surface area contributed by atoms with Crippen LogP contribution in [0.4, 0.5) is 0 Å². The molecule has 9 rings (SSSR count). The van der Waals surface area contributed by atoms with E-state index >= 15 is 0 Å². The fourth-order valence-corrected chi connectivity index (χ4v) is 8.64. The van der Waals surface area contributed by atoms with Crippen molar-refractivity contribution in [3.05, 3.63) is 192 Å². The molecule has 328 valence electrons. The molecular weight excluding hydrogens is 974 g/mol. The number of hydrogen-bond acceptors (Lipinski definition) is 3. The van der Waals surface area contributed by atoms with E-state index in [1.54, 1.807) is 18.3 Å². The number of aromatic nitrogens is 3. The molecule has 0 unspecified atom stereocenters. The van der Waals surface area contributed by atoms with Gasteiger partial charge in [-0.15, -0.1) is 23.8 Å². The summed E-state index contributed by atoms with van der Waals surface area (Å²) in [4.78, 5) is 10.5. The average Bonchev–Trinajstić information content (AvgIpc) is 3.73. The van der Waals surface area contributed by atoms with Gasteiger partial charge in [0, 0.05) is 42.6 Å². The van der Waals surface area contributed by atoms with Crippen LogP contribution in [0.5, 0.6) is 5.75 Å². The first-order valence-electron chi connectivity index (χ1n) is 23.9. The molecule has 0 aliphatic heterocycles. The normalized spacial score (nSPS) is 12.5. The Morgan fingerprint density at radius 2 is 1.34 bits per heavy atom. The van der Waals surface area contributed by atoms with Crippen molar-refractivity contribution in [1.82, 2.24) is 14.5 Å². The maximum Gasteiger partial charge on any atom is 0.148 e. The minimum atomic E-state index is -2.18. The van der Waals surface area contributed by atoms with Gasteiger partial charge in [-0.25, -0.2) is 4.98 Å². The zero-order valence-electron chi connectivity index (χ0n) is 41.1. The first-order valence-corrected chi connectivity index (χ1v) is 22.4. The Bertz CT molecular complexity index is 3250. The van der Waals surface area contributed by atoms with Crippen molar-refractivity contribution in [2.24, 2.45) is 0 Å². The van der Waals surface area contributed by atoms with Crippen molar-refractivity contribution in [3.63, 3.8) is 0 Å². The predicted octanol–water partition coefficient (Wildman–Crippen LogP) is 16.2. The second-order valence-electron chi connectivity index (χ2n) is 18.2. The molecule has 2 aromatic heterocycles. The van der Waals surface area contributed by atoms with Crippen molar-refractivity contribution < 1.29 is 30.3 Å². The van der Waals surface area contributed by atoms with Gasteiger partial charge in [-0.1, -0.05) is 186 Å². The molecule has 0 fully saturated rings. The van der Waals surface area contributed by atoms with Gasteiger partial charge in [0.15, 0.2) is 0 Å². The number of aromatic hydroxyl groups is 1. The molecule has 0 aliphatic rings. The van der Waals surface area contributed by atoms with Crippen molar-refractivity contribution in [2.75, 3.05) is 0 Å². The Morgan fingerprint density at radius 1 is 0.646 bits per heavy atom. The Hall–Kier alpha value is -6.35. The maximum atomic E-state index is 12.4. The Labute approximate surface area is 403 Å². The third kappa shape index (κ3) is 8.90. The van der Waals surface area contributed by atoms with Gasteiger partial charge in [-0.05, 0) is 99.8 Å². The summed E-state index contributed by atoms with van der Waals surface area (Å²) in [7, 11) is 0. The first kappa shape index (κ1) is 41.4. The Balaban J connectivity index is 0.00000625. The fraction of sp³-hybridized carbons (Fsp3) is 0.200. The van der Waals surface area contributed by atoms with Crippen LogP contribution < -0.4 is 0 Å². The molecular formula is C60H56N3OPt-. The summed E-state index contributed by atoms with van der Waals surface area (Å²) in [6, 6.07) is 57.4. The summed E-state index contributed by atoms with van der Waals surface area (Å²) >= 11 is 0. The maximum absolute atomic E-state index is 12.4. The van der Waals surface area contributed by atoms with Crippen LogP contribution in [0.1, 0.15) is 93.1 Å². The van der Waals surface area contributed by atoms with Crippen LogP contribution in [-0.4, -0.2) is 19.6 Å². The van der Waals surface area contributed by atoms with Crippen LogP contribution in [0.25, 0.3) is 83.9 Å². The van der Waals surface area contributed by atoms with E-state index in [9.17, 15) is 5.11 Å². The van der Waals surface area contributed by atoms with E-state index in [0.717, 1.165) is 90.0 Å². The van der Waals surface area contributed by atoms with E-state index in [-0.39, 0.29) is 44.1 Å². The third-order valence-corrected chi connectivity index (χ3v) is 12.9. The van der Waals surface area contributed by atoms with Crippen molar-refractivity contribution in [1.29, 1.82) is 0 Å². The topological polar surface area (TPSA) is 50.9 Å². The van der Waals surface area contributed by atoms with E-state index in [2.05, 4.69) is 162 Å². The molecule has 2 heterocycles. The van der Waals surface area contributed by atoms with Gasteiger partial charge in [0.25, 0.3) is 0 Å². The number of pyridine rings is 1. The summed E-state index contributed by atoms with van der Waals surface area (Å²) in [5.74, 6) is 1.19. The molecule has 0 spiro atoms. The van der Waals surface area contributed by atoms with Crippen LogP contribution in [-0.2, 0) is 26.5 Å². The van der Waals surface area contributed by atoms with Crippen LogP contribution >= 0.6 is 0 Å². The minimum Gasteiger partial charge on any atom is -0.507 e. The summed E-state index contributed by atoms with van der Waals surface area (Å²) in [5.41, 5.74) is 16.1. The van der Waals surface area contributed by atoms with Crippen molar-refractivity contribution in [3.8, 4) is 78.6 Å². The van der Waals surface area contributed by atoms with E-state index in [1.807, 2.05) is 42.5 Å². The van der Waals surface area contributed by atoms with Crippen LogP contribution in [0.3, 0.4) is 0 Å². The van der Waals surface area contributed by atoms with E-state index in [1.165, 1.54) is 5.56 Å². The fourth-order valence-electron chi connectivity index (χ4n) is 8.64. The second kappa shape index (κ2) is 18.6. The number of benzene rings is 7. The number of rotatable bonds is 11. The summed E-state index contributed by atoms with van der Waals surface area (Å²) in [6.45, 7) is 13.3. The number of hydrogen-bond donors (Lipinski definition) is 1. The molecule has 4 nitrogen and oxygen atoms in total. The molecule has 1 N–H and O–H groups in total. The SMILES string of the molecule is [2H]C([2H])([2H])c1ccc(-c2ccnc(-c3[c-]c(-c4cccc5c4nc(-c4cc(C(C)C)cc(C(C)C)c4O)n5-c4ccc(C(C)(C)CC)cc4-c4ccccc4)cc(-c4ccccc4)c3)c2)cc1.[Pt]. The number of para-hydroxylation sites is 1. The number of phenolic OH excluding ortho intramolecular Hbond substituents is 1. The smallest absolute Gasteiger partial charge is 0.148 e. The quantitative estimate of drug-likeness (QED) is 0.131. The van der Waals surface area contributed by atoms with Gasteiger partial charge in [0.2, 0.25) is 0 Å².